The van der Waals surface area contributed by atoms with Gasteiger partial charge in [0.25, 0.3) is 0 Å². The predicted molar refractivity (Wildman–Crippen MR) is 78.7 cm³/mol. The number of nitrogens with zero attached hydrogens (tertiary/aromatic N) is 3. The zero-order chi connectivity index (χ0) is 15.8. The number of aromatic nitrogens is 1. The summed E-state index contributed by atoms with van der Waals surface area (Å²) in [6.07, 6.45) is 1.93. The number of pyridine rings is 1. The number of carbonyl (C=O) groups is 1. The molecule has 8 heteroatoms. The van der Waals surface area contributed by atoms with Gasteiger partial charge in [0, 0.05) is 18.8 Å². The number of nitrogens with one attached hydrogen (secondary N) is 1. The highest BCUT2D eigenvalue weighted by Gasteiger charge is 2.18. The number of hydrogen-bond donors (Lipinski definition) is 2. The Bertz CT molecular complexity index is 503. The highest BCUT2D eigenvalue weighted by Crippen LogP contribution is 2.22. The first-order valence-corrected chi connectivity index (χ1v) is 6.83. The van der Waals surface area contributed by atoms with Gasteiger partial charge in [-0.2, -0.15) is 0 Å². The Labute approximate surface area is 122 Å². The van der Waals surface area contributed by atoms with Crippen molar-refractivity contribution in [2.45, 2.75) is 20.3 Å². The molecule has 0 aliphatic heterocycles. The fourth-order valence-electron chi connectivity index (χ4n) is 1.89. The molecule has 8 nitrogen and oxygen atoms in total. The van der Waals surface area contributed by atoms with Gasteiger partial charge in [-0.15, -0.1) is 0 Å². The number of anilines is 1. The monoisotopic (exact) mass is 296 g/mol. The van der Waals surface area contributed by atoms with Crippen LogP contribution in [0.1, 0.15) is 30.6 Å². The van der Waals surface area contributed by atoms with Crippen molar-refractivity contribution >= 4 is 17.5 Å². The predicted octanol–water partition coefficient (Wildman–Crippen LogP) is 1.83. The molecule has 21 heavy (non-hydrogen) atoms. The largest absolute Gasteiger partial charge is 0.478 e. The molecule has 0 saturated carbocycles. The van der Waals surface area contributed by atoms with Crippen LogP contribution in [0.25, 0.3) is 0 Å². The van der Waals surface area contributed by atoms with Crippen LogP contribution in [0.5, 0.6) is 0 Å². The van der Waals surface area contributed by atoms with Gasteiger partial charge >= 0.3 is 11.7 Å². The molecule has 0 unspecified atom stereocenters. The quantitative estimate of drug-likeness (QED) is 0.406. The minimum absolute atomic E-state index is 0.101. The van der Waals surface area contributed by atoms with Gasteiger partial charge in [0.15, 0.2) is 0 Å². The van der Waals surface area contributed by atoms with Gasteiger partial charge < -0.3 is 15.3 Å². The van der Waals surface area contributed by atoms with E-state index >= 15 is 0 Å². The lowest BCUT2D eigenvalue weighted by Gasteiger charge is -2.17. The fraction of sp³-hybridized carbons (Fsp3) is 0.538. The fourth-order valence-corrected chi connectivity index (χ4v) is 1.89. The summed E-state index contributed by atoms with van der Waals surface area (Å²) >= 11 is 0. The Morgan fingerprint density at radius 1 is 1.48 bits per heavy atom. The summed E-state index contributed by atoms with van der Waals surface area (Å²) in [6, 6.07) is 1.02. The van der Waals surface area contributed by atoms with Crippen molar-refractivity contribution in [3.8, 4) is 0 Å². The van der Waals surface area contributed by atoms with Crippen molar-refractivity contribution in [3.63, 3.8) is 0 Å². The smallest absolute Gasteiger partial charge is 0.337 e. The maximum Gasteiger partial charge on any atom is 0.337 e. The first-order valence-electron chi connectivity index (χ1n) is 6.83. The molecule has 0 aliphatic carbocycles. The summed E-state index contributed by atoms with van der Waals surface area (Å²) in [5.74, 6) is -1.14. The first-order chi connectivity index (χ1) is 9.99. The number of rotatable bonds is 9. The Balaban J connectivity index is 2.66. The minimum atomic E-state index is -1.24. The van der Waals surface area contributed by atoms with E-state index < -0.39 is 10.9 Å². The molecule has 0 aromatic carbocycles. The molecule has 1 aromatic heterocycles. The lowest BCUT2D eigenvalue weighted by Crippen LogP contribution is -2.25. The van der Waals surface area contributed by atoms with Gasteiger partial charge in [0.05, 0.1) is 10.5 Å². The number of carboxylic acids is 1. The van der Waals surface area contributed by atoms with E-state index in [1.807, 2.05) is 0 Å². The Morgan fingerprint density at radius 2 is 2.14 bits per heavy atom. The molecule has 1 heterocycles. The molecule has 0 amide bonds. The van der Waals surface area contributed by atoms with Gasteiger partial charge in [0.2, 0.25) is 5.82 Å². The molecule has 116 valence electrons. The third-order valence-electron chi connectivity index (χ3n) is 3.15. The summed E-state index contributed by atoms with van der Waals surface area (Å²) in [4.78, 5) is 27.2. The molecular formula is C13H20N4O4. The van der Waals surface area contributed by atoms with Crippen LogP contribution >= 0.6 is 0 Å². The number of hydrogen-bond acceptors (Lipinski definition) is 6. The van der Waals surface area contributed by atoms with E-state index in [4.69, 9.17) is 5.11 Å². The normalized spacial score (nSPS) is 10.6. The van der Waals surface area contributed by atoms with Gasteiger partial charge in [-0.3, -0.25) is 10.1 Å². The van der Waals surface area contributed by atoms with E-state index in [1.165, 1.54) is 0 Å². The third kappa shape index (κ3) is 4.99. The maximum absolute atomic E-state index is 11.0. The Kier molecular flexibility index (Phi) is 6.54. The lowest BCUT2D eigenvalue weighted by molar-refractivity contribution is -0.384. The van der Waals surface area contributed by atoms with Crippen LogP contribution in [-0.2, 0) is 0 Å². The molecule has 0 bridgehead atoms. The number of carboxylic acid groups (broad SMARTS) is 1. The van der Waals surface area contributed by atoms with Gasteiger partial charge in [-0.1, -0.05) is 13.8 Å². The van der Waals surface area contributed by atoms with Crippen LogP contribution in [0, 0.1) is 10.1 Å². The number of nitro groups is 1. The summed E-state index contributed by atoms with van der Waals surface area (Å²) in [7, 11) is 0. The second-order valence-electron chi connectivity index (χ2n) is 4.46. The van der Waals surface area contributed by atoms with Crippen molar-refractivity contribution in [2.24, 2.45) is 0 Å². The minimum Gasteiger partial charge on any atom is -0.478 e. The van der Waals surface area contributed by atoms with Gasteiger partial charge in [-0.05, 0) is 26.1 Å². The van der Waals surface area contributed by atoms with Crippen molar-refractivity contribution in [1.29, 1.82) is 0 Å². The van der Waals surface area contributed by atoms with E-state index in [-0.39, 0.29) is 17.1 Å². The molecule has 0 spiro atoms. The van der Waals surface area contributed by atoms with Gasteiger partial charge in [-0.25, -0.2) is 9.78 Å². The van der Waals surface area contributed by atoms with Crippen molar-refractivity contribution in [1.82, 2.24) is 9.88 Å². The molecule has 0 saturated heterocycles. The molecule has 1 rings (SSSR count). The second kappa shape index (κ2) is 8.15. The molecule has 0 atom stereocenters. The zero-order valence-electron chi connectivity index (χ0n) is 12.2. The summed E-state index contributed by atoms with van der Waals surface area (Å²) < 4.78 is 0. The SMILES string of the molecule is CCN(CC)CCCNc1ncc(C(=O)O)cc1[N+](=O)[O-]. The summed E-state index contributed by atoms with van der Waals surface area (Å²) in [6.45, 7) is 7.50. The van der Waals surface area contributed by atoms with E-state index in [0.717, 1.165) is 38.3 Å². The van der Waals surface area contributed by atoms with E-state index in [0.29, 0.717) is 6.54 Å². The lowest BCUT2D eigenvalue weighted by atomic mass is 10.2. The highest BCUT2D eigenvalue weighted by molar-refractivity contribution is 5.88. The molecule has 2 N–H and O–H groups in total. The van der Waals surface area contributed by atoms with Crippen LogP contribution < -0.4 is 5.32 Å². The molecule has 0 radical (unpaired) electrons. The van der Waals surface area contributed by atoms with E-state index in [9.17, 15) is 14.9 Å². The van der Waals surface area contributed by atoms with Crippen LogP contribution in [0.15, 0.2) is 12.3 Å². The summed E-state index contributed by atoms with van der Waals surface area (Å²) in [5, 5.41) is 22.7. The van der Waals surface area contributed by atoms with Crippen LogP contribution in [0.3, 0.4) is 0 Å². The standard InChI is InChI=1S/C13H20N4O4/c1-3-16(4-2)7-5-6-14-12-11(17(20)21)8-10(9-15-12)13(18)19/h8-9H,3-7H2,1-2H3,(H,14,15)(H,18,19). The molecular weight excluding hydrogens is 276 g/mol. The molecule has 1 aromatic rings. The van der Waals surface area contributed by atoms with Crippen molar-refractivity contribution in [2.75, 3.05) is 31.5 Å². The van der Waals surface area contributed by atoms with E-state index in [1.54, 1.807) is 0 Å². The third-order valence-corrected chi connectivity index (χ3v) is 3.15. The maximum atomic E-state index is 11.0. The van der Waals surface area contributed by atoms with Crippen molar-refractivity contribution in [3.05, 3.63) is 27.9 Å². The highest BCUT2D eigenvalue weighted by atomic mass is 16.6. The van der Waals surface area contributed by atoms with E-state index in [2.05, 4.69) is 29.0 Å². The Morgan fingerprint density at radius 3 is 2.67 bits per heavy atom. The zero-order valence-corrected chi connectivity index (χ0v) is 12.2. The van der Waals surface area contributed by atoms with Crippen LogP contribution in [0.4, 0.5) is 11.5 Å². The Hall–Kier alpha value is -2.22. The first kappa shape index (κ1) is 16.8. The van der Waals surface area contributed by atoms with Crippen LogP contribution in [0.2, 0.25) is 0 Å². The average Bonchev–Trinajstić information content (AvgIpc) is 2.47. The molecule has 0 fully saturated rings. The number of aromatic carboxylic acids is 1. The second-order valence-corrected chi connectivity index (χ2v) is 4.46. The average molecular weight is 296 g/mol. The van der Waals surface area contributed by atoms with Crippen molar-refractivity contribution < 1.29 is 14.8 Å². The topological polar surface area (TPSA) is 109 Å². The summed E-state index contributed by atoms with van der Waals surface area (Å²) in [5.41, 5.74) is -0.520. The molecule has 0 aliphatic rings. The van der Waals surface area contributed by atoms with Gasteiger partial charge in [0.1, 0.15) is 0 Å². The van der Waals surface area contributed by atoms with Crippen LogP contribution in [-0.4, -0.2) is 52.1 Å².